The van der Waals surface area contributed by atoms with Crippen LogP contribution >= 0.6 is 0 Å². The molecule has 0 aromatic carbocycles. The molecule has 0 aliphatic rings. The first-order valence-corrected chi connectivity index (χ1v) is 5.56. The Morgan fingerprint density at radius 1 is 1.39 bits per heavy atom. The Bertz CT molecular complexity index is 597. The molecule has 2 heterocycles. The van der Waals surface area contributed by atoms with Crippen molar-refractivity contribution in [1.29, 1.82) is 5.26 Å². The van der Waals surface area contributed by atoms with Gasteiger partial charge in [-0.2, -0.15) is 15.3 Å². The number of rotatable bonds is 3. The Hall–Kier alpha value is -2.42. The lowest BCUT2D eigenvalue weighted by Crippen LogP contribution is -2.00. The molecule has 18 heavy (non-hydrogen) atoms. The van der Waals surface area contributed by atoms with E-state index in [0.29, 0.717) is 11.4 Å². The van der Waals surface area contributed by atoms with Gasteiger partial charge in [0.2, 0.25) is 0 Å². The van der Waals surface area contributed by atoms with Crippen molar-refractivity contribution in [3.8, 4) is 17.8 Å². The van der Waals surface area contributed by atoms with E-state index < -0.39 is 0 Å². The van der Waals surface area contributed by atoms with Crippen LogP contribution < -0.4 is 4.74 Å². The van der Waals surface area contributed by atoms with Gasteiger partial charge in [0.05, 0.1) is 12.4 Å². The zero-order valence-corrected chi connectivity index (χ0v) is 10.5. The number of nitrogens with zero attached hydrogens (tertiary/aromatic N) is 5. The number of aromatic nitrogens is 4. The topological polar surface area (TPSA) is 76.6 Å². The van der Waals surface area contributed by atoms with Crippen molar-refractivity contribution in [3.05, 3.63) is 29.8 Å². The minimum absolute atomic E-state index is 0.162. The van der Waals surface area contributed by atoms with Crippen molar-refractivity contribution in [2.24, 2.45) is 0 Å². The molecule has 0 atom stereocenters. The second-order valence-electron chi connectivity index (χ2n) is 4.14. The molecule has 0 unspecified atom stereocenters. The quantitative estimate of drug-likeness (QED) is 0.826. The van der Waals surface area contributed by atoms with Gasteiger partial charge in [0.15, 0.2) is 5.75 Å². The summed E-state index contributed by atoms with van der Waals surface area (Å²) in [5.41, 5.74) is 0.974. The summed E-state index contributed by atoms with van der Waals surface area (Å²) in [7, 11) is 0. The first kappa shape index (κ1) is 12.0. The van der Waals surface area contributed by atoms with Gasteiger partial charge in [0, 0.05) is 11.7 Å². The standard InChI is InChI=1S/C12H13N5O/c1-8(2)17-7-11(6-14-17)18-12-15-9(3)4-10(5-13)16-12/h4,6-8H,1-3H3. The van der Waals surface area contributed by atoms with E-state index in [1.54, 1.807) is 30.1 Å². The highest BCUT2D eigenvalue weighted by atomic mass is 16.5. The molecule has 6 heteroatoms. The molecule has 0 spiro atoms. The van der Waals surface area contributed by atoms with Gasteiger partial charge in [0.1, 0.15) is 11.8 Å². The van der Waals surface area contributed by atoms with E-state index in [1.807, 2.05) is 19.9 Å². The fourth-order valence-corrected chi connectivity index (χ4v) is 1.41. The molecule has 0 N–H and O–H groups in total. The van der Waals surface area contributed by atoms with Gasteiger partial charge in [-0.25, -0.2) is 4.98 Å². The summed E-state index contributed by atoms with van der Waals surface area (Å²) in [6.45, 7) is 5.83. The second kappa shape index (κ2) is 4.84. The largest absolute Gasteiger partial charge is 0.421 e. The average molecular weight is 243 g/mol. The van der Waals surface area contributed by atoms with Crippen molar-refractivity contribution in [2.45, 2.75) is 26.8 Å². The van der Waals surface area contributed by atoms with E-state index in [4.69, 9.17) is 10.00 Å². The summed E-state index contributed by atoms with van der Waals surface area (Å²) in [4.78, 5) is 8.08. The van der Waals surface area contributed by atoms with Gasteiger partial charge in [-0.05, 0) is 26.8 Å². The van der Waals surface area contributed by atoms with Crippen LogP contribution in [0.4, 0.5) is 0 Å². The summed E-state index contributed by atoms with van der Waals surface area (Å²) in [5, 5.41) is 13.0. The molecule has 0 aliphatic carbocycles. The van der Waals surface area contributed by atoms with E-state index >= 15 is 0 Å². The van der Waals surface area contributed by atoms with Gasteiger partial charge in [0.25, 0.3) is 0 Å². The Morgan fingerprint density at radius 2 is 2.17 bits per heavy atom. The molecule has 0 aliphatic heterocycles. The molecule has 0 fully saturated rings. The minimum atomic E-state index is 0.162. The van der Waals surface area contributed by atoms with E-state index in [9.17, 15) is 0 Å². The smallest absolute Gasteiger partial charge is 0.323 e. The second-order valence-corrected chi connectivity index (χ2v) is 4.14. The summed E-state index contributed by atoms with van der Waals surface area (Å²) in [6, 6.07) is 3.99. The normalized spacial score (nSPS) is 10.4. The maximum absolute atomic E-state index is 8.82. The van der Waals surface area contributed by atoms with Crippen LogP contribution in [0, 0.1) is 18.3 Å². The van der Waals surface area contributed by atoms with Crippen molar-refractivity contribution >= 4 is 0 Å². The Labute approximate surface area is 105 Å². The van der Waals surface area contributed by atoms with Gasteiger partial charge in [-0.3, -0.25) is 4.68 Å². The van der Waals surface area contributed by atoms with Crippen molar-refractivity contribution in [3.63, 3.8) is 0 Å². The minimum Gasteiger partial charge on any atom is -0.421 e. The van der Waals surface area contributed by atoms with Crippen molar-refractivity contribution in [2.75, 3.05) is 0 Å². The lowest BCUT2D eigenvalue weighted by molar-refractivity contribution is 0.437. The van der Waals surface area contributed by atoms with Crippen molar-refractivity contribution < 1.29 is 4.74 Å². The van der Waals surface area contributed by atoms with E-state index in [-0.39, 0.29) is 17.7 Å². The van der Waals surface area contributed by atoms with Gasteiger partial charge >= 0.3 is 6.01 Å². The summed E-state index contributed by atoms with van der Waals surface area (Å²) >= 11 is 0. The number of aryl methyl sites for hydroxylation is 1. The molecule has 92 valence electrons. The van der Waals surface area contributed by atoms with E-state index in [1.165, 1.54) is 0 Å². The fourth-order valence-electron chi connectivity index (χ4n) is 1.41. The molecule has 2 aromatic rings. The maximum Gasteiger partial charge on any atom is 0.323 e. The van der Waals surface area contributed by atoms with E-state index in [2.05, 4.69) is 15.1 Å². The number of hydrogen-bond donors (Lipinski definition) is 0. The molecule has 0 saturated heterocycles. The average Bonchev–Trinajstić information content (AvgIpc) is 2.76. The molecule has 0 amide bonds. The van der Waals surface area contributed by atoms with Crippen LogP contribution in [0.2, 0.25) is 0 Å². The van der Waals surface area contributed by atoms with Crippen LogP contribution in [0.1, 0.15) is 31.3 Å². The SMILES string of the molecule is Cc1cc(C#N)nc(Oc2cnn(C(C)C)c2)n1. The fraction of sp³-hybridized carbons (Fsp3) is 0.333. The van der Waals surface area contributed by atoms with Crippen LogP contribution in [-0.4, -0.2) is 19.7 Å². The maximum atomic E-state index is 8.82. The molecule has 0 radical (unpaired) electrons. The van der Waals surface area contributed by atoms with Gasteiger partial charge < -0.3 is 4.74 Å². The van der Waals surface area contributed by atoms with Crippen molar-refractivity contribution in [1.82, 2.24) is 19.7 Å². The number of ether oxygens (including phenoxy) is 1. The number of hydrogen-bond acceptors (Lipinski definition) is 5. The highest BCUT2D eigenvalue weighted by Gasteiger charge is 2.07. The molecule has 0 saturated carbocycles. The molecule has 2 aromatic heterocycles. The van der Waals surface area contributed by atoms with E-state index in [0.717, 1.165) is 0 Å². The lowest BCUT2D eigenvalue weighted by atomic mass is 10.3. The first-order valence-electron chi connectivity index (χ1n) is 5.56. The predicted molar refractivity (Wildman–Crippen MR) is 64.2 cm³/mol. The van der Waals surface area contributed by atoms with Crippen LogP contribution in [0.15, 0.2) is 18.5 Å². The molecule has 2 rings (SSSR count). The van der Waals surface area contributed by atoms with Gasteiger partial charge in [-0.1, -0.05) is 0 Å². The van der Waals surface area contributed by atoms with Gasteiger partial charge in [-0.15, -0.1) is 0 Å². The number of nitriles is 1. The first-order chi connectivity index (χ1) is 8.58. The monoisotopic (exact) mass is 243 g/mol. The third-order valence-corrected chi connectivity index (χ3v) is 2.26. The third-order valence-electron chi connectivity index (χ3n) is 2.26. The van der Waals surface area contributed by atoms with Crippen LogP contribution in [0.5, 0.6) is 11.8 Å². The zero-order chi connectivity index (χ0) is 13.1. The summed E-state index contributed by atoms with van der Waals surface area (Å²) < 4.78 is 7.25. The van der Waals surface area contributed by atoms with Crippen LogP contribution in [0.3, 0.4) is 0 Å². The highest BCUT2D eigenvalue weighted by Crippen LogP contribution is 2.18. The van der Waals surface area contributed by atoms with Crippen LogP contribution in [0.25, 0.3) is 0 Å². The third kappa shape index (κ3) is 2.63. The predicted octanol–water partition coefficient (Wildman–Crippen LogP) is 2.23. The molecular formula is C12H13N5O. The highest BCUT2D eigenvalue weighted by molar-refractivity contribution is 5.26. The Balaban J connectivity index is 2.23. The summed E-state index contributed by atoms with van der Waals surface area (Å²) in [6.07, 6.45) is 3.36. The molecular weight excluding hydrogens is 230 g/mol. The zero-order valence-electron chi connectivity index (χ0n) is 10.5. The molecule has 6 nitrogen and oxygen atoms in total. The van der Waals surface area contributed by atoms with Crippen LogP contribution in [-0.2, 0) is 0 Å². The molecule has 0 bridgehead atoms. The Morgan fingerprint density at radius 3 is 2.78 bits per heavy atom. The summed E-state index contributed by atoms with van der Waals surface area (Å²) in [5.74, 6) is 0.554. The Kier molecular flexibility index (Phi) is 3.24. The lowest BCUT2D eigenvalue weighted by Gasteiger charge is -2.03.